The third-order valence-electron chi connectivity index (χ3n) is 1.81. The topological polar surface area (TPSA) is 62.4 Å². The second kappa shape index (κ2) is 6.42. The van der Waals surface area contributed by atoms with Crippen molar-refractivity contribution >= 4 is 17.3 Å². The molecule has 0 aromatic carbocycles. The standard InChI is InChI=1S/C10H18N4S/c1-8(2)13-10(14-11)12-5-3-9-4-6-15-7-9/h4,6-8H,3,5,11H2,1-2H3,(H2,12,13,14). The number of thiophene rings is 1. The highest BCUT2D eigenvalue weighted by atomic mass is 32.1. The number of guanidine groups is 1. The highest BCUT2D eigenvalue weighted by Gasteiger charge is 1.98. The molecular weight excluding hydrogens is 208 g/mol. The van der Waals surface area contributed by atoms with Gasteiger partial charge in [-0.15, -0.1) is 0 Å². The van der Waals surface area contributed by atoms with Gasteiger partial charge in [-0.25, -0.2) is 5.84 Å². The lowest BCUT2D eigenvalue weighted by Gasteiger charge is -2.11. The summed E-state index contributed by atoms with van der Waals surface area (Å²) in [5, 5.41) is 7.34. The molecule has 4 N–H and O–H groups in total. The maximum Gasteiger partial charge on any atom is 0.205 e. The Morgan fingerprint density at radius 2 is 2.40 bits per heavy atom. The van der Waals surface area contributed by atoms with Gasteiger partial charge in [0.2, 0.25) is 5.96 Å². The molecule has 0 aliphatic rings. The quantitative estimate of drug-likeness (QED) is 0.312. The van der Waals surface area contributed by atoms with Crippen LogP contribution in [0.3, 0.4) is 0 Å². The van der Waals surface area contributed by atoms with Crippen LogP contribution in [0.2, 0.25) is 0 Å². The van der Waals surface area contributed by atoms with Gasteiger partial charge in [-0.2, -0.15) is 11.3 Å². The number of nitrogens with two attached hydrogens (primary N) is 1. The Labute approximate surface area is 94.6 Å². The van der Waals surface area contributed by atoms with Crippen LogP contribution in [0.25, 0.3) is 0 Å². The van der Waals surface area contributed by atoms with Crippen molar-refractivity contribution < 1.29 is 0 Å². The third kappa shape index (κ3) is 4.80. The van der Waals surface area contributed by atoms with E-state index < -0.39 is 0 Å². The second-order valence-corrected chi connectivity index (χ2v) is 4.34. The summed E-state index contributed by atoms with van der Waals surface area (Å²) in [6.45, 7) is 4.84. The molecule has 0 radical (unpaired) electrons. The number of rotatable bonds is 4. The molecule has 0 saturated carbocycles. The monoisotopic (exact) mass is 226 g/mol. The average molecular weight is 226 g/mol. The van der Waals surface area contributed by atoms with E-state index in [1.54, 1.807) is 11.3 Å². The smallest absolute Gasteiger partial charge is 0.205 e. The molecule has 4 nitrogen and oxygen atoms in total. The highest BCUT2D eigenvalue weighted by molar-refractivity contribution is 7.07. The summed E-state index contributed by atoms with van der Waals surface area (Å²) in [5.74, 6) is 5.99. The van der Waals surface area contributed by atoms with Crippen molar-refractivity contribution in [2.45, 2.75) is 26.3 Å². The molecule has 1 rings (SSSR count). The van der Waals surface area contributed by atoms with Gasteiger partial charge in [0, 0.05) is 12.6 Å². The van der Waals surface area contributed by atoms with Gasteiger partial charge in [0.15, 0.2) is 0 Å². The van der Waals surface area contributed by atoms with Gasteiger partial charge in [-0.3, -0.25) is 10.4 Å². The second-order valence-electron chi connectivity index (χ2n) is 3.56. The predicted molar refractivity (Wildman–Crippen MR) is 65.9 cm³/mol. The lowest BCUT2D eigenvalue weighted by atomic mass is 10.2. The summed E-state index contributed by atoms with van der Waals surface area (Å²) >= 11 is 1.71. The minimum atomic E-state index is 0.334. The molecule has 15 heavy (non-hydrogen) atoms. The van der Waals surface area contributed by atoms with Crippen molar-refractivity contribution in [3.63, 3.8) is 0 Å². The Bertz CT molecular complexity index is 292. The first-order valence-corrected chi connectivity index (χ1v) is 5.95. The van der Waals surface area contributed by atoms with E-state index in [1.165, 1.54) is 5.56 Å². The molecule has 5 heteroatoms. The van der Waals surface area contributed by atoms with E-state index in [0.717, 1.165) is 13.0 Å². The van der Waals surface area contributed by atoms with Gasteiger partial charge in [-0.1, -0.05) is 0 Å². The lowest BCUT2D eigenvalue weighted by molar-refractivity contribution is 0.702. The first kappa shape index (κ1) is 12.0. The first-order chi connectivity index (χ1) is 7.22. The molecule has 0 bridgehead atoms. The zero-order valence-corrected chi connectivity index (χ0v) is 9.97. The number of nitrogens with zero attached hydrogens (tertiary/aromatic N) is 1. The van der Waals surface area contributed by atoms with Crippen molar-refractivity contribution in [2.24, 2.45) is 10.8 Å². The van der Waals surface area contributed by atoms with Crippen LogP contribution in [-0.2, 0) is 6.42 Å². The van der Waals surface area contributed by atoms with E-state index in [0.29, 0.717) is 12.0 Å². The van der Waals surface area contributed by atoms with Gasteiger partial charge >= 0.3 is 0 Å². The van der Waals surface area contributed by atoms with E-state index in [4.69, 9.17) is 5.84 Å². The van der Waals surface area contributed by atoms with Gasteiger partial charge in [-0.05, 0) is 42.7 Å². The maximum atomic E-state index is 5.34. The molecule has 0 aliphatic carbocycles. The highest BCUT2D eigenvalue weighted by Crippen LogP contribution is 2.06. The Hall–Kier alpha value is -1.07. The fraction of sp³-hybridized carbons (Fsp3) is 0.500. The zero-order chi connectivity index (χ0) is 11.1. The van der Waals surface area contributed by atoms with Crippen LogP contribution in [0.15, 0.2) is 21.8 Å². The van der Waals surface area contributed by atoms with Crippen molar-refractivity contribution in [3.05, 3.63) is 22.4 Å². The minimum absolute atomic E-state index is 0.334. The summed E-state index contributed by atoms with van der Waals surface area (Å²) < 4.78 is 0. The number of hydrazine groups is 1. The van der Waals surface area contributed by atoms with E-state index in [2.05, 4.69) is 32.6 Å². The Morgan fingerprint density at radius 1 is 1.60 bits per heavy atom. The fourth-order valence-corrected chi connectivity index (χ4v) is 1.84. The summed E-state index contributed by atoms with van der Waals surface area (Å²) in [4.78, 5) is 4.33. The molecular formula is C10H18N4S. The van der Waals surface area contributed by atoms with Crippen LogP contribution in [0.5, 0.6) is 0 Å². The zero-order valence-electron chi connectivity index (χ0n) is 9.16. The molecule has 1 heterocycles. The minimum Gasteiger partial charge on any atom is -0.353 e. The van der Waals surface area contributed by atoms with E-state index >= 15 is 0 Å². The van der Waals surface area contributed by atoms with Gasteiger partial charge in [0.25, 0.3) is 0 Å². The molecule has 0 saturated heterocycles. The van der Waals surface area contributed by atoms with E-state index in [-0.39, 0.29) is 0 Å². The van der Waals surface area contributed by atoms with Crippen molar-refractivity contribution in [1.29, 1.82) is 0 Å². The van der Waals surface area contributed by atoms with E-state index in [9.17, 15) is 0 Å². The summed E-state index contributed by atoms with van der Waals surface area (Å²) in [6.07, 6.45) is 0.953. The number of aliphatic imine (C=N–C) groups is 1. The average Bonchev–Trinajstić information content (AvgIpc) is 2.68. The van der Waals surface area contributed by atoms with Crippen LogP contribution in [0.1, 0.15) is 19.4 Å². The normalized spacial score (nSPS) is 11.9. The molecule has 0 aliphatic heterocycles. The van der Waals surface area contributed by atoms with Crippen molar-refractivity contribution in [1.82, 2.24) is 10.7 Å². The fourth-order valence-electron chi connectivity index (χ4n) is 1.14. The lowest BCUT2D eigenvalue weighted by Crippen LogP contribution is -2.44. The molecule has 0 atom stereocenters. The van der Waals surface area contributed by atoms with Gasteiger partial charge in [0.05, 0.1) is 0 Å². The predicted octanol–water partition coefficient (Wildman–Crippen LogP) is 1.11. The maximum absolute atomic E-state index is 5.34. The molecule has 0 amide bonds. The largest absolute Gasteiger partial charge is 0.353 e. The molecule has 1 aromatic rings. The molecule has 0 unspecified atom stereocenters. The van der Waals surface area contributed by atoms with Crippen LogP contribution >= 0.6 is 11.3 Å². The summed E-state index contributed by atoms with van der Waals surface area (Å²) in [7, 11) is 0. The molecule has 84 valence electrons. The van der Waals surface area contributed by atoms with Crippen LogP contribution < -0.4 is 16.6 Å². The summed E-state index contributed by atoms with van der Waals surface area (Å²) in [6, 6.07) is 2.45. The van der Waals surface area contributed by atoms with Gasteiger partial charge < -0.3 is 5.32 Å². The Balaban J connectivity index is 2.34. The number of hydrogen-bond donors (Lipinski definition) is 3. The SMILES string of the molecule is CC(C)NC(=NCCc1ccsc1)NN. The summed E-state index contributed by atoms with van der Waals surface area (Å²) in [5.41, 5.74) is 3.88. The number of nitrogens with one attached hydrogen (secondary N) is 2. The third-order valence-corrected chi connectivity index (χ3v) is 2.54. The molecule has 1 aromatic heterocycles. The van der Waals surface area contributed by atoms with Crippen LogP contribution in [0, 0.1) is 0 Å². The molecule has 0 spiro atoms. The Morgan fingerprint density at radius 3 is 2.93 bits per heavy atom. The van der Waals surface area contributed by atoms with Crippen LogP contribution in [0.4, 0.5) is 0 Å². The van der Waals surface area contributed by atoms with Crippen molar-refractivity contribution in [3.8, 4) is 0 Å². The van der Waals surface area contributed by atoms with Gasteiger partial charge in [0.1, 0.15) is 0 Å². The van der Waals surface area contributed by atoms with Crippen LogP contribution in [-0.4, -0.2) is 18.5 Å². The van der Waals surface area contributed by atoms with Crippen molar-refractivity contribution in [2.75, 3.05) is 6.54 Å². The Kier molecular flexibility index (Phi) is 5.14. The number of hydrogen-bond acceptors (Lipinski definition) is 3. The first-order valence-electron chi connectivity index (χ1n) is 5.01. The van der Waals surface area contributed by atoms with E-state index in [1.807, 2.05) is 13.8 Å². The molecule has 0 fully saturated rings.